The SMILES string of the molecule is CCc1cn(CCCN)c2cc(OC)c(OC)cc12. The van der Waals surface area contributed by atoms with Gasteiger partial charge in [0.2, 0.25) is 0 Å². The number of aromatic nitrogens is 1. The lowest BCUT2D eigenvalue weighted by Gasteiger charge is -2.09. The van der Waals surface area contributed by atoms with Crippen LogP contribution in [0.4, 0.5) is 0 Å². The zero-order valence-corrected chi connectivity index (χ0v) is 11.9. The fourth-order valence-electron chi connectivity index (χ4n) is 2.42. The van der Waals surface area contributed by atoms with Crippen molar-refractivity contribution in [3.8, 4) is 11.5 Å². The van der Waals surface area contributed by atoms with Crippen molar-refractivity contribution in [1.82, 2.24) is 4.57 Å². The van der Waals surface area contributed by atoms with E-state index in [4.69, 9.17) is 15.2 Å². The second kappa shape index (κ2) is 5.97. The Morgan fingerprint density at radius 3 is 2.42 bits per heavy atom. The van der Waals surface area contributed by atoms with E-state index in [0.717, 1.165) is 30.9 Å². The van der Waals surface area contributed by atoms with Gasteiger partial charge in [-0.1, -0.05) is 6.92 Å². The molecule has 1 heterocycles. The second-order valence-electron chi connectivity index (χ2n) is 4.57. The second-order valence-corrected chi connectivity index (χ2v) is 4.57. The summed E-state index contributed by atoms with van der Waals surface area (Å²) in [4.78, 5) is 0. The van der Waals surface area contributed by atoms with Crippen molar-refractivity contribution in [3.05, 3.63) is 23.9 Å². The van der Waals surface area contributed by atoms with Crippen molar-refractivity contribution in [3.63, 3.8) is 0 Å². The van der Waals surface area contributed by atoms with Gasteiger partial charge in [-0.05, 0) is 31.0 Å². The molecule has 1 aromatic carbocycles. The molecule has 2 aromatic rings. The number of nitrogens with two attached hydrogens (primary N) is 1. The molecule has 0 amide bonds. The predicted molar refractivity (Wildman–Crippen MR) is 78.1 cm³/mol. The monoisotopic (exact) mass is 262 g/mol. The van der Waals surface area contributed by atoms with Crippen LogP contribution in [0.1, 0.15) is 18.9 Å². The van der Waals surface area contributed by atoms with Crippen molar-refractivity contribution in [2.75, 3.05) is 20.8 Å². The first-order chi connectivity index (χ1) is 9.24. The van der Waals surface area contributed by atoms with Crippen LogP contribution in [0.2, 0.25) is 0 Å². The van der Waals surface area contributed by atoms with Crippen LogP contribution < -0.4 is 15.2 Å². The Kier molecular flexibility index (Phi) is 4.32. The third-order valence-electron chi connectivity index (χ3n) is 3.45. The van der Waals surface area contributed by atoms with Gasteiger partial charge in [-0.3, -0.25) is 0 Å². The first-order valence-corrected chi connectivity index (χ1v) is 6.69. The molecule has 0 saturated heterocycles. The van der Waals surface area contributed by atoms with E-state index in [9.17, 15) is 0 Å². The highest BCUT2D eigenvalue weighted by atomic mass is 16.5. The van der Waals surface area contributed by atoms with E-state index in [1.807, 2.05) is 6.07 Å². The van der Waals surface area contributed by atoms with Crippen LogP contribution in [0.25, 0.3) is 10.9 Å². The van der Waals surface area contributed by atoms with E-state index in [2.05, 4.69) is 23.8 Å². The van der Waals surface area contributed by atoms with E-state index in [1.165, 1.54) is 16.5 Å². The molecule has 0 radical (unpaired) electrons. The van der Waals surface area contributed by atoms with Gasteiger partial charge in [-0.25, -0.2) is 0 Å². The molecule has 0 aliphatic rings. The number of rotatable bonds is 6. The molecular weight excluding hydrogens is 240 g/mol. The minimum absolute atomic E-state index is 0.703. The van der Waals surface area contributed by atoms with Gasteiger partial charge < -0.3 is 19.8 Å². The number of methoxy groups -OCH3 is 2. The van der Waals surface area contributed by atoms with Crippen molar-refractivity contribution in [1.29, 1.82) is 0 Å². The van der Waals surface area contributed by atoms with Gasteiger partial charge in [0.05, 0.1) is 19.7 Å². The van der Waals surface area contributed by atoms with Gasteiger partial charge in [-0.15, -0.1) is 0 Å². The summed E-state index contributed by atoms with van der Waals surface area (Å²) in [6, 6.07) is 4.11. The standard InChI is InChI=1S/C15H22N2O2/c1-4-11-10-17(7-5-6-16)13-9-15(19-3)14(18-2)8-12(11)13/h8-10H,4-7,16H2,1-3H3. The minimum atomic E-state index is 0.703. The van der Waals surface area contributed by atoms with Crippen molar-refractivity contribution < 1.29 is 9.47 Å². The van der Waals surface area contributed by atoms with Gasteiger partial charge in [-0.2, -0.15) is 0 Å². The van der Waals surface area contributed by atoms with Crippen molar-refractivity contribution in [2.24, 2.45) is 5.73 Å². The summed E-state index contributed by atoms with van der Waals surface area (Å²) >= 11 is 0. The van der Waals surface area contributed by atoms with Crippen molar-refractivity contribution >= 4 is 10.9 Å². The number of ether oxygens (including phenoxy) is 2. The molecule has 4 nitrogen and oxygen atoms in total. The molecule has 0 aliphatic carbocycles. The summed E-state index contributed by atoms with van der Waals surface area (Å²) in [6.07, 6.45) is 4.18. The number of hydrogen-bond donors (Lipinski definition) is 1. The highest BCUT2D eigenvalue weighted by molar-refractivity contribution is 5.87. The molecule has 104 valence electrons. The highest BCUT2D eigenvalue weighted by Gasteiger charge is 2.12. The van der Waals surface area contributed by atoms with Crippen molar-refractivity contribution in [2.45, 2.75) is 26.3 Å². The molecule has 0 atom stereocenters. The predicted octanol–water partition coefficient (Wildman–Crippen LogP) is 2.57. The van der Waals surface area contributed by atoms with Crippen LogP contribution in [-0.2, 0) is 13.0 Å². The van der Waals surface area contributed by atoms with Gasteiger partial charge in [0, 0.05) is 24.2 Å². The Balaban J connectivity index is 2.58. The Morgan fingerprint density at radius 1 is 1.16 bits per heavy atom. The molecule has 0 bridgehead atoms. The van der Waals surface area contributed by atoms with Gasteiger partial charge in [0.1, 0.15) is 0 Å². The largest absolute Gasteiger partial charge is 0.493 e. The normalized spacial score (nSPS) is 10.9. The molecule has 0 aliphatic heterocycles. The van der Waals surface area contributed by atoms with E-state index in [1.54, 1.807) is 14.2 Å². The zero-order chi connectivity index (χ0) is 13.8. The Morgan fingerprint density at radius 2 is 1.84 bits per heavy atom. The van der Waals surface area contributed by atoms with Crippen LogP contribution in [0.5, 0.6) is 11.5 Å². The smallest absolute Gasteiger partial charge is 0.162 e. The third kappa shape index (κ3) is 2.54. The number of fused-ring (bicyclic) bond motifs is 1. The van der Waals surface area contributed by atoms with E-state index in [-0.39, 0.29) is 0 Å². The fourth-order valence-corrected chi connectivity index (χ4v) is 2.42. The lowest BCUT2D eigenvalue weighted by molar-refractivity contribution is 0.355. The summed E-state index contributed by atoms with van der Waals surface area (Å²) < 4.78 is 13.0. The number of hydrogen-bond acceptors (Lipinski definition) is 3. The Hall–Kier alpha value is -1.68. The quantitative estimate of drug-likeness (QED) is 0.870. The molecular formula is C15H22N2O2. The van der Waals surface area contributed by atoms with Gasteiger partial charge in [0.15, 0.2) is 11.5 Å². The van der Waals surface area contributed by atoms with E-state index in [0.29, 0.717) is 6.54 Å². The topological polar surface area (TPSA) is 49.4 Å². The first-order valence-electron chi connectivity index (χ1n) is 6.69. The Bertz CT molecular complexity index is 561. The molecule has 1 aromatic heterocycles. The first kappa shape index (κ1) is 13.7. The van der Waals surface area contributed by atoms with Crippen LogP contribution in [0, 0.1) is 0 Å². The molecule has 0 unspecified atom stereocenters. The summed E-state index contributed by atoms with van der Waals surface area (Å²) in [5, 5.41) is 1.23. The minimum Gasteiger partial charge on any atom is -0.493 e. The highest BCUT2D eigenvalue weighted by Crippen LogP contribution is 2.34. The zero-order valence-electron chi connectivity index (χ0n) is 11.9. The lowest BCUT2D eigenvalue weighted by Crippen LogP contribution is -2.04. The average molecular weight is 262 g/mol. The summed E-state index contributed by atoms with van der Waals surface area (Å²) in [7, 11) is 3.33. The van der Waals surface area contributed by atoms with Crippen LogP contribution in [0.3, 0.4) is 0 Å². The average Bonchev–Trinajstić information content (AvgIpc) is 2.80. The maximum absolute atomic E-state index is 5.60. The molecule has 0 fully saturated rings. The lowest BCUT2D eigenvalue weighted by atomic mass is 10.1. The molecule has 19 heavy (non-hydrogen) atoms. The van der Waals surface area contributed by atoms with Crippen LogP contribution >= 0.6 is 0 Å². The number of nitrogens with zero attached hydrogens (tertiary/aromatic N) is 1. The van der Waals surface area contributed by atoms with Gasteiger partial charge >= 0.3 is 0 Å². The molecule has 4 heteroatoms. The summed E-state index contributed by atoms with van der Waals surface area (Å²) in [6.45, 7) is 3.80. The summed E-state index contributed by atoms with van der Waals surface area (Å²) in [5.74, 6) is 1.55. The van der Waals surface area contributed by atoms with Crippen LogP contribution in [0.15, 0.2) is 18.3 Å². The summed E-state index contributed by atoms with van der Waals surface area (Å²) in [5.41, 5.74) is 8.11. The maximum Gasteiger partial charge on any atom is 0.162 e. The van der Waals surface area contributed by atoms with E-state index < -0.39 is 0 Å². The van der Waals surface area contributed by atoms with Gasteiger partial charge in [0.25, 0.3) is 0 Å². The number of aryl methyl sites for hydroxylation is 2. The maximum atomic E-state index is 5.60. The Labute approximate surface area is 114 Å². The molecule has 0 spiro atoms. The van der Waals surface area contributed by atoms with E-state index >= 15 is 0 Å². The fraction of sp³-hybridized carbons (Fsp3) is 0.467. The third-order valence-corrected chi connectivity index (χ3v) is 3.45. The molecule has 2 rings (SSSR count). The number of benzene rings is 1. The molecule has 2 N–H and O–H groups in total. The molecule has 0 saturated carbocycles. The van der Waals surface area contributed by atoms with Crippen LogP contribution in [-0.4, -0.2) is 25.3 Å².